The summed E-state index contributed by atoms with van der Waals surface area (Å²) in [5.74, 6) is 0. The highest BCUT2D eigenvalue weighted by molar-refractivity contribution is 5.97. The molecule has 15 heavy (non-hydrogen) atoms. The lowest BCUT2D eigenvalue weighted by molar-refractivity contribution is 0.354. The van der Waals surface area contributed by atoms with E-state index in [2.05, 4.69) is 41.7 Å². The Hall–Kier alpha value is -0.603. The lowest BCUT2D eigenvalue weighted by atomic mass is 9.99. The number of unbranched alkanes of at least 4 members (excludes halogenated alkanes) is 2. The van der Waals surface area contributed by atoms with E-state index in [-0.39, 0.29) is 0 Å². The molecule has 0 aliphatic carbocycles. The quantitative estimate of drug-likeness (QED) is 0.506. The molecule has 0 aliphatic heterocycles. The van der Waals surface area contributed by atoms with Gasteiger partial charge in [0.2, 0.25) is 10.5 Å². The van der Waals surface area contributed by atoms with Crippen LogP contribution in [-0.2, 0) is 17.3 Å². The van der Waals surface area contributed by atoms with Crippen LogP contribution in [0.3, 0.4) is 0 Å². The predicted molar refractivity (Wildman–Crippen MR) is 65.1 cm³/mol. The van der Waals surface area contributed by atoms with Crippen LogP contribution < -0.4 is 0 Å². The summed E-state index contributed by atoms with van der Waals surface area (Å²) in [6, 6.07) is 8.66. The summed E-state index contributed by atoms with van der Waals surface area (Å²) in [5, 5.41) is 0. The first kappa shape index (κ1) is 12.5. The Morgan fingerprint density at radius 1 is 1.07 bits per heavy atom. The van der Waals surface area contributed by atoms with E-state index in [1.807, 2.05) is 0 Å². The maximum absolute atomic E-state index is 4.93. The van der Waals surface area contributed by atoms with Crippen LogP contribution in [0, 0.1) is 0 Å². The molecule has 0 spiro atoms. The molecule has 0 atom stereocenters. The molecule has 0 aromatic heterocycles. The third-order valence-electron chi connectivity index (χ3n) is 2.64. The van der Waals surface area contributed by atoms with E-state index in [4.69, 9.17) is 4.43 Å². The second kappa shape index (κ2) is 7.66. The maximum atomic E-state index is 4.93. The van der Waals surface area contributed by atoms with Crippen LogP contribution >= 0.6 is 0 Å². The molecule has 0 unspecified atom stereocenters. The van der Waals surface area contributed by atoms with Gasteiger partial charge in [-0.15, -0.1) is 0 Å². The Balaban J connectivity index is 2.52. The lowest BCUT2D eigenvalue weighted by Gasteiger charge is -2.08. The molecular formula is C13H19OSi. The minimum atomic E-state index is 0.738. The van der Waals surface area contributed by atoms with Crippen molar-refractivity contribution in [2.24, 2.45) is 0 Å². The Kier molecular flexibility index (Phi) is 6.36. The molecule has 0 N–H and O–H groups in total. The first-order chi connectivity index (χ1) is 7.38. The minimum Gasteiger partial charge on any atom is -0.418 e. The van der Waals surface area contributed by atoms with Gasteiger partial charge in [0, 0.05) is 6.61 Å². The highest BCUT2D eigenvalue weighted by atomic mass is 28.2. The van der Waals surface area contributed by atoms with E-state index in [9.17, 15) is 0 Å². The molecule has 3 radical (unpaired) electrons. The van der Waals surface area contributed by atoms with Gasteiger partial charge in [0.25, 0.3) is 0 Å². The second-order valence-electron chi connectivity index (χ2n) is 3.82. The Bertz CT molecular complexity index is 273. The SMILES string of the molecule is CCCCCc1ccccc1CCO[Si]. The molecule has 0 bridgehead atoms. The number of benzene rings is 1. The summed E-state index contributed by atoms with van der Waals surface area (Å²) in [6.45, 7) is 2.98. The molecule has 1 aromatic carbocycles. The normalized spacial score (nSPS) is 10.5. The van der Waals surface area contributed by atoms with Crippen LogP contribution in [0.2, 0.25) is 0 Å². The average molecular weight is 219 g/mol. The van der Waals surface area contributed by atoms with Crippen molar-refractivity contribution >= 4 is 10.5 Å². The smallest absolute Gasteiger partial charge is 0.246 e. The van der Waals surface area contributed by atoms with Gasteiger partial charge >= 0.3 is 0 Å². The van der Waals surface area contributed by atoms with Crippen molar-refractivity contribution in [2.75, 3.05) is 6.61 Å². The Labute approximate surface area is 96.4 Å². The van der Waals surface area contributed by atoms with Crippen molar-refractivity contribution in [3.63, 3.8) is 0 Å². The Morgan fingerprint density at radius 2 is 1.73 bits per heavy atom. The predicted octanol–water partition coefficient (Wildman–Crippen LogP) is 3.06. The number of hydrogen-bond donors (Lipinski definition) is 0. The monoisotopic (exact) mass is 219 g/mol. The molecule has 0 fully saturated rings. The summed E-state index contributed by atoms with van der Waals surface area (Å²) in [7, 11) is 3.04. The fourth-order valence-electron chi connectivity index (χ4n) is 1.77. The van der Waals surface area contributed by atoms with Crippen molar-refractivity contribution in [3.8, 4) is 0 Å². The fourth-order valence-corrected chi connectivity index (χ4v) is 1.87. The topological polar surface area (TPSA) is 9.23 Å². The zero-order valence-corrected chi connectivity index (χ0v) is 10.5. The van der Waals surface area contributed by atoms with Gasteiger partial charge < -0.3 is 4.43 Å². The van der Waals surface area contributed by atoms with E-state index in [1.165, 1.54) is 36.8 Å². The van der Waals surface area contributed by atoms with Gasteiger partial charge in [-0.2, -0.15) is 0 Å². The largest absolute Gasteiger partial charge is 0.418 e. The minimum absolute atomic E-state index is 0.738. The van der Waals surface area contributed by atoms with Crippen molar-refractivity contribution in [1.82, 2.24) is 0 Å². The van der Waals surface area contributed by atoms with E-state index in [0.29, 0.717) is 0 Å². The molecule has 0 heterocycles. The van der Waals surface area contributed by atoms with Crippen molar-refractivity contribution in [3.05, 3.63) is 35.4 Å². The fraction of sp³-hybridized carbons (Fsp3) is 0.538. The number of hydrogen-bond acceptors (Lipinski definition) is 1. The molecule has 0 aliphatic rings. The van der Waals surface area contributed by atoms with E-state index < -0.39 is 0 Å². The van der Waals surface area contributed by atoms with Crippen LogP contribution in [0.25, 0.3) is 0 Å². The molecule has 81 valence electrons. The molecule has 0 saturated carbocycles. The van der Waals surface area contributed by atoms with Gasteiger partial charge in [-0.05, 0) is 30.4 Å². The third-order valence-corrected chi connectivity index (χ3v) is 2.85. The van der Waals surface area contributed by atoms with E-state index in [1.54, 1.807) is 0 Å². The van der Waals surface area contributed by atoms with E-state index >= 15 is 0 Å². The van der Waals surface area contributed by atoms with Gasteiger partial charge in [-0.3, -0.25) is 0 Å². The van der Waals surface area contributed by atoms with Crippen LogP contribution in [0.5, 0.6) is 0 Å². The molecule has 0 amide bonds. The van der Waals surface area contributed by atoms with Crippen LogP contribution in [0.4, 0.5) is 0 Å². The molecule has 2 heteroatoms. The summed E-state index contributed by atoms with van der Waals surface area (Å²) < 4.78 is 4.93. The molecule has 0 saturated heterocycles. The van der Waals surface area contributed by atoms with E-state index in [0.717, 1.165) is 13.0 Å². The first-order valence-electron chi connectivity index (χ1n) is 5.73. The summed E-state index contributed by atoms with van der Waals surface area (Å²) in [4.78, 5) is 0. The van der Waals surface area contributed by atoms with Crippen LogP contribution in [0.15, 0.2) is 24.3 Å². The average Bonchev–Trinajstić information content (AvgIpc) is 2.28. The molecule has 1 nitrogen and oxygen atoms in total. The van der Waals surface area contributed by atoms with Gasteiger partial charge in [0.1, 0.15) is 0 Å². The van der Waals surface area contributed by atoms with Gasteiger partial charge in [-0.25, -0.2) is 0 Å². The molecule has 1 aromatic rings. The van der Waals surface area contributed by atoms with Gasteiger partial charge in [0.15, 0.2) is 0 Å². The first-order valence-corrected chi connectivity index (χ1v) is 6.14. The van der Waals surface area contributed by atoms with Gasteiger partial charge in [-0.1, -0.05) is 44.0 Å². The van der Waals surface area contributed by atoms with Gasteiger partial charge in [0.05, 0.1) is 0 Å². The zero-order valence-electron chi connectivity index (χ0n) is 9.46. The highest BCUT2D eigenvalue weighted by Gasteiger charge is 2.00. The van der Waals surface area contributed by atoms with Crippen LogP contribution in [-0.4, -0.2) is 17.1 Å². The number of aryl methyl sites for hydroxylation is 1. The van der Waals surface area contributed by atoms with Crippen molar-refractivity contribution in [1.29, 1.82) is 0 Å². The third kappa shape index (κ3) is 4.63. The number of rotatable bonds is 7. The van der Waals surface area contributed by atoms with Crippen LogP contribution in [0.1, 0.15) is 37.3 Å². The Morgan fingerprint density at radius 3 is 2.33 bits per heavy atom. The standard InChI is InChI=1S/C13H19OSi/c1-2-3-4-7-12-8-5-6-9-13(12)10-11-14-15/h5-6,8-9H,2-4,7,10-11H2,1H3. The molecule has 1 rings (SSSR count). The zero-order chi connectivity index (χ0) is 10.9. The summed E-state index contributed by atoms with van der Waals surface area (Å²) in [5.41, 5.74) is 2.90. The summed E-state index contributed by atoms with van der Waals surface area (Å²) in [6.07, 6.45) is 6.09. The lowest BCUT2D eigenvalue weighted by Crippen LogP contribution is -2.00. The summed E-state index contributed by atoms with van der Waals surface area (Å²) >= 11 is 0. The molecular weight excluding hydrogens is 200 g/mol. The highest BCUT2D eigenvalue weighted by Crippen LogP contribution is 2.13. The second-order valence-corrected chi connectivity index (χ2v) is 4.11. The van der Waals surface area contributed by atoms with Crippen molar-refractivity contribution in [2.45, 2.75) is 39.0 Å². The maximum Gasteiger partial charge on any atom is 0.246 e. The van der Waals surface area contributed by atoms with Crippen molar-refractivity contribution < 1.29 is 4.43 Å².